The number of aromatic nitrogens is 3. The van der Waals surface area contributed by atoms with Crippen LogP contribution in [0, 0.1) is 0 Å². The standard InChI is InChI=1S/C15H20N4O/c1-18-7-9(8-18)13-12-10-5-3-4-6-11(10)15(20)16-14(12)19(2)17-13/h9H,3-8H2,1-2H3,(H,16,20). The molecule has 0 saturated carbocycles. The van der Waals surface area contributed by atoms with E-state index in [0.717, 1.165) is 43.6 Å². The van der Waals surface area contributed by atoms with E-state index in [2.05, 4.69) is 16.9 Å². The summed E-state index contributed by atoms with van der Waals surface area (Å²) >= 11 is 0. The number of fused-ring (bicyclic) bond motifs is 3. The van der Waals surface area contributed by atoms with Gasteiger partial charge >= 0.3 is 0 Å². The summed E-state index contributed by atoms with van der Waals surface area (Å²) in [6.07, 6.45) is 4.25. The second-order valence-corrected chi connectivity index (χ2v) is 6.27. The van der Waals surface area contributed by atoms with Gasteiger partial charge in [-0.15, -0.1) is 0 Å². The fraction of sp³-hybridized carbons (Fsp3) is 0.600. The fourth-order valence-corrected chi connectivity index (χ4v) is 3.76. The van der Waals surface area contributed by atoms with E-state index >= 15 is 0 Å². The predicted octanol–water partition coefficient (Wildman–Crippen LogP) is 1.17. The summed E-state index contributed by atoms with van der Waals surface area (Å²) in [7, 11) is 4.07. The summed E-state index contributed by atoms with van der Waals surface area (Å²) in [6, 6.07) is 0. The Morgan fingerprint density at radius 2 is 1.85 bits per heavy atom. The van der Waals surface area contributed by atoms with Crippen molar-refractivity contribution in [3.63, 3.8) is 0 Å². The lowest BCUT2D eigenvalue weighted by atomic mass is 9.87. The van der Waals surface area contributed by atoms with Crippen LogP contribution in [0.5, 0.6) is 0 Å². The van der Waals surface area contributed by atoms with Crippen molar-refractivity contribution in [3.05, 3.63) is 27.2 Å². The lowest BCUT2D eigenvalue weighted by molar-refractivity contribution is 0.187. The summed E-state index contributed by atoms with van der Waals surface area (Å²) in [5.74, 6) is 0.514. The number of H-pyrrole nitrogens is 1. The van der Waals surface area contributed by atoms with Gasteiger partial charge in [0.25, 0.3) is 5.56 Å². The van der Waals surface area contributed by atoms with Crippen LogP contribution >= 0.6 is 0 Å². The van der Waals surface area contributed by atoms with Crippen molar-refractivity contribution in [3.8, 4) is 0 Å². The molecule has 4 rings (SSSR count). The fourth-order valence-electron chi connectivity index (χ4n) is 3.76. The molecule has 5 heteroatoms. The maximum absolute atomic E-state index is 12.2. The van der Waals surface area contributed by atoms with Crippen LogP contribution in [0.3, 0.4) is 0 Å². The van der Waals surface area contributed by atoms with Gasteiger partial charge in [0.05, 0.1) is 5.69 Å². The zero-order valence-electron chi connectivity index (χ0n) is 12.1. The number of hydrogen-bond donors (Lipinski definition) is 1. The molecular weight excluding hydrogens is 252 g/mol. The summed E-state index contributed by atoms with van der Waals surface area (Å²) < 4.78 is 1.85. The van der Waals surface area contributed by atoms with Crippen molar-refractivity contribution < 1.29 is 0 Å². The monoisotopic (exact) mass is 272 g/mol. The molecule has 2 aliphatic rings. The molecule has 1 aliphatic heterocycles. The van der Waals surface area contributed by atoms with E-state index in [-0.39, 0.29) is 5.56 Å². The quantitative estimate of drug-likeness (QED) is 0.848. The zero-order valence-corrected chi connectivity index (χ0v) is 12.1. The number of aromatic amines is 1. The van der Waals surface area contributed by atoms with Gasteiger partial charge in [-0.1, -0.05) is 0 Å². The highest BCUT2D eigenvalue weighted by molar-refractivity contribution is 5.84. The number of nitrogens with one attached hydrogen (secondary N) is 1. The summed E-state index contributed by atoms with van der Waals surface area (Å²) in [5.41, 5.74) is 4.46. The lowest BCUT2D eigenvalue weighted by Crippen LogP contribution is -2.42. The lowest BCUT2D eigenvalue weighted by Gasteiger charge is -2.35. The Hall–Kier alpha value is -1.62. The SMILES string of the molecule is CN1CC(c2nn(C)c3[nH]c(=O)c4c(c23)CCCC4)C1. The number of pyridine rings is 1. The Morgan fingerprint density at radius 1 is 1.15 bits per heavy atom. The van der Waals surface area contributed by atoms with Gasteiger partial charge in [0.15, 0.2) is 0 Å². The van der Waals surface area contributed by atoms with E-state index in [4.69, 9.17) is 5.10 Å². The van der Waals surface area contributed by atoms with Crippen molar-refractivity contribution in [2.45, 2.75) is 31.6 Å². The van der Waals surface area contributed by atoms with Crippen LogP contribution in [0.4, 0.5) is 0 Å². The topological polar surface area (TPSA) is 53.9 Å². The number of likely N-dealkylation sites (tertiary alicyclic amines) is 1. The van der Waals surface area contributed by atoms with Gasteiger partial charge in [-0.3, -0.25) is 9.48 Å². The molecule has 2 aromatic rings. The third kappa shape index (κ3) is 1.59. The minimum atomic E-state index is 0.0903. The molecule has 3 heterocycles. The van der Waals surface area contributed by atoms with E-state index in [0.29, 0.717) is 5.92 Å². The van der Waals surface area contributed by atoms with Gasteiger partial charge < -0.3 is 9.88 Å². The van der Waals surface area contributed by atoms with Crippen LogP contribution in [0.15, 0.2) is 4.79 Å². The molecule has 0 unspecified atom stereocenters. The highest BCUT2D eigenvalue weighted by atomic mass is 16.1. The van der Waals surface area contributed by atoms with E-state index in [1.165, 1.54) is 23.1 Å². The number of likely N-dealkylation sites (N-methyl/N-ethyl adjacent to an activating group) is 1. The Kier molecular flexibility index (Phi) is 2.54. The molecule has 2 aromatic heterocycles. The number of hydrogen-bond acceptors (Lipinski definition) is 3. The third-order valence-electron chi connectivity index (χ3n) is 4.80. The minimum absolute atomic E-state index is 0.0903. The molecule has 1 N–H and O–H groups in total. The second-order valence-electron chi connectivity index (χ2n) is 6.27. The number of aryl methyl sites for hydroxylation is 2. The smallest absolute Gasteiger partial charge is 0.253 e. The first-order valence-electron chi connectivity index (χ1n) is 7.44. The summed E-state index contributed by atoms with van der Waals surface area (Å²) in [4.78, 5) is 17.6. The van der Waals surface area contributed by atoms with Crippen molar-refractivity contribution >= 4 is 11.0 Å². The van der Waals surface area contributed by atoms with Crippen molar-refractivity contribution in [1.82, 2.24) is 19.7 Å². The molecule has 106 valence electrons. The van der Waals surface area contributed by atoms with Gasteiger partial charge in [0, 0.05) is 37.0 Å². The van der Waals surface area contributed by atoms with Crippen LogP contribution in [0.2, 0.25) is 0 Å². The average molecular weight is 272 g/mol. The predicted molar refractivity (Wildman–Crippen MR) is 78.2 cm³/mol. The van der Waals surface area contributed by atoms with Crippen molar-refractivity contribution in [2.75, 3.05) is 20.1 Å². The van der Waals surface area contributed by atoms with E-state index in [1.807, 2.05) is 11.7 Å². The molecule has 0 atom stereocenters. The molecule has 1 fully saturated rings. The van der Waals surface area contributed by atoms with Crippen LogP contribution in [-0.4, -0.2) is 39.8 Å². The van der Waals surface area contributed by atoms with Gasteiger partial charge in [0.2, 0.25) is 0 Å². The normalized spacial score (nSPS) is 20.1. The van der Waals surface area contributed by atoms with Gasteiger partial charge in [-0.2, -0.15) is 5.10 Å². The Morgan fingerprint density at radius 3 is 2.55 bits per heavy atom. The van der Waals surface area contributed by atoms with Crippen LogP contribution in [0.25, 0.3) is 11.0 Å². The minimum Gasteiger partial charge on any atom is -0.307 e. The Balaban J connectivity index is 1.99. The molecule has 1 saturated heterocycles. The second kappa shape index (κ2) is 4.19. The van der Waals surface area contributed by atoms with Crippen LogP contribution < -0.4 is 5.56 Å². The highest BCUT2D eigenvalue weighted by Gasteiger charge is 2.31. The largest absolute Gasteiger partial charge is 0.307 e. The molecule has 0 spiro atoms. The summed E-state index contributed by atoms with van der Waals surface area (Å²) in [6.45, 7) is 2.14. The summed E-state index contributed by atoms with van der Waals surface area (Å²) in [5, 5.41) is 5.95. The molecular formula is C15H20N4O. The Bertz CT molecular complexity index is 736. The maximum Gasteiger partial charge on any atom is 0.253 e. The first kappa shape index (κ1) is 12.1. The van der Waals surface area contributed by atoms with E-state index in [1.54, 1.807) is 0 Å². The molecule has 0 aromatic carbocycles. The molecule has 0 bridgehead atoms. The van der Waals surface area contributed by atoms with E-state index < -0.39 is 0 Å². The number of rotatable bonds is 1. The molecule has 0 amide bonds. The third-order valence-corrected chi connectivity index (χ3v) is 4.80. The molecule has 20 heavy (non-hydrogen) atoms. The first-order valence-corrected chi connectivity index (χ1v) is 7.44. The Labute approximate surface area is 117 Å². The van der Waals surface area contributed by atoms with Crippen LogP contribution in [-0.2, 0) is 19.9 Å². The van der Waals surface area contributed by atoms with Gasteiger partial charge in [0.1, 0.15) is 5.65 Å². The van der Waals surface area contributed by atoms with Crippen molar-refractivity contribution in [2.24, 2.45) is 7.05 Å². The molecule has 0 radical (unpaired) electrons. The van der Waals surface area contributed by atoms with E-state index in [9.17, 15) is 4.79 Å². The first-order chi connectivity index (χ1) is 9.65. The number of nitrogens with zero attached hydrogens (tertiary/aromatic N) is 3. The zero-order chi connectivity index (χ0) is 13.9. The highest BCUT2D eigenvalue weighted by Crippen LogP contribution is 2.34. The molecule has 5 nitrogen and oxygen atoms in total. The van der Waals surface area contributed by atoms with Crippen LogP contribution in [0.1, 0.15) is 35.6 Å². The maximum atomic E-state index is 12.2. The van der Waals surface area contributed by atoms with Gasteiger partial charge in [-0.05, 0) is 38.3 Å². The average Bonchev–Trinajstić information content (AvgIpc) is 2.73. The molecule has 1 aliphatic carbocycles. The van der Waals surface area contributed by atoms with Crippen molar-refractivity contribution in [1.29, 1.82) is 0 Å². The van der Waals surface area contributed by atoms with Gasteiger partial charge in [-0.25, -0.2) is 0 Å².